The van der Waals surface area contributed by atoms with Gasteiger partial charge in [0.2, 0.25) is 5.96 Å². The van der Waals surface area contributed by atoms with E-state index < -0.39 is 0 Å². The van der Waals surface area contributed by atoms with Gasteiger partial charge in [-0.1, -0.05) is 66.7 Å². The predicted molar refractivity (Wildman–Crippen MR) is 158 cm³/mol. The predicted octanol–water partition coefficient (Wildman–Crippen LogP) is 7.52. The van der Waals surface area contributed by atoms with Crippen LogP contribution in [0.2, 0.25) is 0 Å². The van der Waals surface area contributed by atoms with E-state index in [2.05, 4.69) is 77.7 Å². The highest BCUT2D eigenvalue weighted by atomic mass is 15.3. The number of nitrogens with two attached hydrogens (primary N) is 1. The lowest BCUT2D eigenvalue weighted by molar-refractivity contribution is 1.02. The first kappa shape index (κ1) is 21.4. The summed E-state index contributed by atoms with van der Waals surface area (Å²) in [5.74, 6) is 1.03. The molecular weight excluding hydrogens is 464 g/mol. The van der Waals surface area contributed by atoms with Crippen molar-refractivity contribution in [3.05, 3.63) is 119 Å². The fourth-order valence-corrected chi connectivity index (χ4v) is 6.54. The van der Waals surface area contributed by atoms with E-state index in [1.807, 2.05) is 24.3 Å². The largest absolute Gasteiger partial charge is 0.369 e. The summed E-state index contributed by atoms with van der Waals surface area (Å²) in [7, 11) is 0. The molecule has 38 heavy (non-hydrogen) atoms. The smallest absolute Gasteiger partial charge is 0.207 e. The molecule has 2 aliphatic carbocycles. The number of anilines is 2. The fourth-order valence-electron chi connectivity index (χ4n) is 6.54. The molecule has 0 saturated carbocycles. The minimum atomic E-state index is 0.423. The molecule has 5 aromatic carbocycles. The molecule has 8 rings (SSSR count). The molecule has 182 valence electrons. The van der Waals surface area contributed by atoms with Crippen LogP contribution in [0, 0.1) is 0 Å². The van der Waals surface area contributed by atoms with Crippen LogP contribution < -0.4 is 10.6 Å². The third-order valence-electron chi connectivity index (χ3n) is 8.24. The van der Waals surface area contributed by atoms with Crippen molar-refractivity contribution in [2.45, 2.75) is 25.7 Å². The molecule has 4 heteroatoms. The standard InChI is InChI=1S/C34H26N4/c35-34(37-31-20-16-21-5-1-2-10-28(21)36-31)38(29-19-15-25-12-11-22-8-4-9-26(29)33(22)25)30-18-14-24-7-3-6-23-13-17-27(30)32(23)24/h1-10,14-16,18-20H,11-13,17H2,(H2,35,36,37). The van der Waals surface area contributed by atoms with Crippen LogP contribution in [0.1, 0.15) is 22.3 Å². The van der Waals surface area contributed by atoms with Crippen molar-refractivity contribution in [1.29, 1.82) is 0 Å². The highest BCUT2D eigenvalue weighted by molar-refractivity contribution is 6.13. The van der Waals surface area contributed by atoms with Gasteiger partial charge in [0.05, 0.1) is 16.9 Å². The Hall–Kier alpha value is -4.70. The van der Waals surface area contributed by atoms with Crippen molar-refractivity contribution in [2.24, 2.45) is 10.7 Å². The van der Waals surface area contributed by atoms with Gasteiger partial charge in [-0.2, -0.15) is 4.99 Å². The summed E-state index contributed by atoms with van der Waals surface area (Å²) in [5.41, 5.74) is 15.6. The molecule has 2 aliphatic rings. The van der Waals surface area contributed by atoms with Crippen molar-refractivity contribution < 1.29 is 0 Å². The first-order valence-corrected chi connectivity index (χ1v) is 13.3. The number of aliphatic imine (C=N–C) groups is 1. The number of aromatic nitrogens is 1. The lowest BCUT2D eigenvalue weighted by Gasteiger charge is -2.28. The van der Waals surface area contributed by atoms with E-state index in [4.69, 9.17) is 15.7 Å². The molecule has 0 atom stereocenters. The molecule has 1 heterocycles. The molecule has 0 fully saturated rings. The number of fused-ring (bicyclic) bond motifs is 1. The van der Waals surface area contributed by atoms with Gasteiger partial charge in [0.25, 0.3) is 0 Å². The second kappa shape index (κ2) is 8.15. The van der Waals surface area contributed by atoms with Crippen molar-refractivity contribution in [3.63, 3.8) is 0 Å². The van der Waals surface area contributed by atoms with Crippen molar-refractivity contribution in [3.8, 4) is 0 Å². The molecule has 0 amide bonds. The average molecular weight is 491 g/mol. The van der Waals surface area contributed by atoms with Gasteiger partial charge in [-0.3, -0.25) is 4.90 Å². The summed E-state index contributed by atoms with van der Waals surface area (Å²) >= 11 is 0. The fraction of sp³-hybridized carbons (Fsp3) is 0.118. The zero-order valence-electron chi connectivity index (χ0n) is 21.0. The Bertz CT molecular complexity index is 1940. The van der Waals surface area contributed by atoms with Gasteiger partial charge >= 0.3 is 0 Å². The van der Waals surface area contributed by atoms with Crippen LogP contribution >= 0.6 is 0 Å². The molecule has 0 bridgehead atoms. The summed E-state index contributed by atoms with van der Waals surface area (Å²) in [6, 6.07) is 34.3. The maximum atomic E-state index is 6.96. The van der Waals surface area contributed by atoms with Crippen LogP contribution in [0.3, 0.4) is 0 Å². The topological polar surface area (TPSA) is 54.5 Å². The molecule has 2 N–H and O–H groups in total. The van der Waals surface area contributed by atoms with E-state index in [1.54, 1.807) is 0 Å². The van der Waals surface area contributed by atoms with Crippen LogP contribution in [-0.2, 0) is 25.7 Å². The summed E-state index contributed by atoms with van der Waals surface area (Å²) in [5, 5.41) is 6.32. The van der Waals surface area contributed by atoms with Crippen molar-refractivity contribution in [1.82, 2.24) is 4.98 Å². The quantitative estimate of drug-likeness (QED) is 0.206. The van der Waals surface area contributed by atoms with E-state index in [0.717, 1.165) is 48.0 Å². The molecule has 0 spiro atoms. The van der Waals surface area contributed by atoms with Crippen LogP contribution in [0.5, 0.6) is 0 Å². The Balaban J connectivity index is 1.38. The normalized spacial score (nSPS) is 14.2. The molecule has 4 nitrogen and oxygen atoms in total. The number of para-hydroxylation sites is 1. The third-order valence-corrected chi connectivity index (χ3v) is 8.24. The highest BCUT2D eigenvalue weighted by Gasteiger charge is 2.26. The maximum absolute atomic E-state index is 6.96. The second-order valence-electron chi connectivity index (χ2n) is 10.3. The van der Waals surface area contributed by atoms with Crippen LogP contribution in [0.4, 0.5) is 17.2 Å². The Morgan fingerprint density at radius 3 is 2.26 bits per heavy atom. The Labute approximate surface area is 221 Å². The Morgan fingerprint density at radius 1 is 0.632 bits per heavy atom. The molecule has 6 aromatic rings. The molecular formula is C34H26N4. The summed E-state index contributed by atoms with van der Waals surface area (Å²) in [6.45, 7) is 0. The highest BCUT2D eigenvalue weighted by Crippen LogP contribution is 2.43. The van der Waals surface area contributed by atoms with E-state index in [0.29, 0.717) is 11.8 Å². The lowest BCUT2D eigenvalue weighted by atomic mass is 10.00. The first-order chi connectivity index (χ1) is 18.7. The van der Waals surface area contributed by atoms with Gasteiger partial charge < -0.3 is 5.73 Å². The molecule has 1 aromatic heterocycles. The van der Waals surface area contributed by atoms with Crippen molar-refractivity contribution >= 4 is 55.6 Å². The number of guanidine groups is 1. The van der Waals surface area contributed by atoms with Gasteiger partial charge in [0.15, 0.2) is 5.82 Å². The number of rotatable bonds is 3. The number of benzene rings is 5. The first-order valence-electron chi connectivity index (χ1n) is 13.3. The molecule has 0 aliphatic heterocycles. The summed E-state index contributed by atoms with van der Waals surface area (Å²) in [6.07, 6.45) is 4.21. The number of pyridine rings is 1. The molecule has 0 saturated heterocycles. The maximum Gasteiger partial charge on any atom is 0.207 e. The lowest BCUT2D eigenvalue weighted by Crippen LogP contribution is -2.34. The van der Waals surface area contributed by atoms with E-state index in [1.165, 1.54) is 43.8 Å². The SMILES string of the molecule is NC(=Nc1ccc2ccccc2n1)N(c1ccc2cccc3c2c1CC3)c1ccc2c3c(cccc13)CC2. The number of nitrogens with zero attached hydrogens (tertiary/aromatic N) is 3. The van der Waals surface area contributed by atoms with Gasteiger partial charge in [-0.15, -0.1) is 0 Å². The zero-order valence-corrected chi connectivity index (χ0v) is 21.0. The zero-order chi connectivity index (χ0) is 25.2. The number of hydrogen-bond donors (Lipinski definition) is 1. The van der Waals surface area contributed by atoms with Crippen LogP contribution in [0.15, 0.2) is 102 Å². The van der Waals surface area contributed by atoms with Gasteiger partial charge in [0, 0.05) is 10.8 Å². The van der Waals surface area contributed by atoms with Gasteiger partial charge in [-0.05, 0) is 94.4 Å². The minimum Gasteiger partial charge on any atom is -0.369 e. The Kier molecular flexibility index (Phi) is 4.59. The average Bonchev–Trinajstić information content (AvgIpc) is 3.58. The van der Waals surface area contributed by atoms with Gasteiger partial charge in [-0.25, -0.2) is 4.98 Å². The van der Waals surface area contributed by atoms with E-state index in [-0.39, 0.29) is 0 Å². The monoisotopic (exact) mass is 490 g/mol. The van der Waals surface area contributed by atoms with E-state index in [9.17, 15) is 0 Å². The Morgan fingerprint density at radius 2 is 1.34 bits per heavy atom. The number of hydrogen-bond acceptors (Lipinski definition) is 2. The van der Waals surface area contributed by atoms with Crippen LogP contribution in [0.25, 0.3) is 32.4 Å². The molecule has 0 unspecified atom stereocenters. The molecule has 0 radical (unpaired) electrons. The summed E-state index contributed by atoms with van der Waals surface area (Å²) in [4.78, 5) is 11.9. The third kappa shape index (κ3) is 3.16. The number of aryl methyl sites for hydroxylation is 4. The van der Waals surface area contributed by atoms with Crippen molar-refractivity contribution in [2.75, 3.05) is 4.90 Å². The van der Waals surface area contributed by atoms with Gasteiger partial charge in [0.1, 0.15) is 0 Å². The van der Waals surface area contributed by atoms with E-state index >= 15 is 0 Å². The minimum absolute atomic E-state index is 0.423. The second-order valence-corrected chi connectivity index (χ2v) is 10.3. The van der Waals surface area contributed by atoms with Crippen LogP contribution in [-0.4, -0.2) is 10.9 Å². The summed E-state index contributed by atoms with van der Waals surface area (Å²) < 4.78 is 0.